The van der Waals surface area contributed by atoms with Gasteiger partial charge < -0.3 is 15.5 Å². The Bertz CT molecular complexity index is 520. The van der Waals surface area contributed by atoms with Crippen LogP contribution in [0.25, 0.3) is 0 Å². The Morgan fingerprint density at radius 1 is 1.15 bits per heavy atom. The summed E-state index contributed by atoms with van der Waals surface area (Å²) in [5.74, 6) is -0.505. The molecule has 0 bridgehead atoms. The van der Waals surface area contributed by atoms with E-state index in [1.807, 2.05) is 4.90 Å². The molecule has 0 atom stereocenters. The molecule has 2 rings (SSSR count). The first kappa shape index (κ1) is 14.5. The number of carbonyl (C=O) groups excluding carboxylic acids is 2. The summed E-state index contributed by atoms with van der Waals surface area (Å²) in [5.41, 5.74) is 6.99. The molecule has 0 spiro atoms. The molecule has 1 saturated heterocycles. The predicted octanol–water partition coefficient (Wildman–Crippen LogP) is 0.872. The number of hydrogen-bond donors (Lipinski definition) is 1. The fourth-order valence-corrected chi connectivity index (χ4v) is 2.57. The van der Waals surface area contributed by atoms with Gasteiger partial charge in [-0.25, -0.2) is 0 Å². The molecule has 0 radical (unpaired) electrons. The van der Waals surface area contributed by atoms with Crippen molar-refractivity contribution < 1.29 is 9.59 Å². The van der Waals surface area contributed by atoms with Crippen molar-refractivity contribution >= 4 is 11.8 Å². The zero-order chi connectivity index (χ0) is 14.7. The number of nitrogens with two attached hydrogens (primary N) is 1. The van der Waals surface area contributed by atoms with Crippen LogP contribution in [0.15, 0.2) is 18.2 Å². The molecule has 1 aliphatic rings. The van der Waals surface area contributed by atoms with Crippen molar-refractivity contribution in [2.75, 3.05) is 32.7 Å². The number of amides is 2. The smallest absolute Gasteiger partial charge is 0.254 e. The minimum atomic E-state index is -0.493. The molecule has 5 heteroatoms. The van der Waals surface area contributed by atoms with Gasteiger partial charge in [-0.2, -0.15) is 0 Å². The standard InChI is InChI=1S/C15H21N3O2/c1-3-17-7-9-18(10-8-17)15(20)13-6-4-5-12(11(13)2)14(16)19/h4-6H,3,7-10H2,1-2H3,(H2,16,19). The van der Waals surface area contributed by atoms with Crippen LogP contribution in [0, 0.1) is 6.92 Å². The molecule has 0 aliphatic carbocycles. The van der Waals surface area contributed by atoms with Crippen molar-refractivity contribution in [1.82, 2.24) is 9.80 Å². The predicted molar refractivity (Wildman–Crippen MR) is 77.7 cm³/mol. The maximum absolute atomic E-state index is 12.5. The van der Waals surface area contributed by atoms with Crippen LogP contribution >= 0.6 is 0 Å². The highest BCUT2D eigenvalue weighted by atomic mass is 16.2. The van der Waals surface area contributed by atoms with E-state index in [0.29, 0.717) is 16.7 Å². The molecule has 1 fully saturated rings. The van der Waals surface area contributed by atoms with Gasteiger partial charge in [-0.15, -0.1) is 0 Å². The first-order chi connectivity index (χ1) is 9.54. The largest absolute Gasteiger partial charge is 0.366 e. The number of hydrogen-bond acceptors (Lipinski definition) is 3. The third kappa shape index (κ3) is 2.82. The van der Waals surface area contributed by atoms with E-state index in [-0.39, 0.29) is 5.91 Å². The van der Waals surface area contributed by atoms with Gasteiger partial charge in [-0.05, 0) is 31.2 Å². The molecule has 0 saturated carbocycles. The molecule has 1 aromatic rings. The summed E-state index contributed by atoms with van der Waals surface area (Å²) in [5, 5.41) is 0. The number of rotatable bonds is 3. The molecular weight excluding hydrogens is 254 g/mol. The molecule has 1 aromatic carbocycles. The number of primary amides is 1. The van der Waals surface area contributed by atoms with E-state index in [1.54, 1.807) is 25.1 Å². The summed E-state index contributed by atoms with van der Waals surface area (Å²) in [4.78, 5) is 28.1. The van der Waals surface area contributed by atoms with E-state index in [2.05, 4.69) is 11.8 Å². The first-order valence-electron chi connectivity index (χ1n) is 6.95. The Labute approximate surface area is 119 Å². The van der Waals surface area contributed by atoms with E-state index < -0.39 is 5.91 Å². The van der Waals surface area contributed by atoms with Gasteiger partial charge in [0.1, 0.15) is 0 Å². The second kappa shape index (κ2) is 6.05. The minimum absolute atomic E-state index is 0.0126. The molecule has 0 unspecified atom stereocenters. The van der Waals surface area contributed by atoms with Gasteiger partial charge in [0.2, 0.25) is 5.91 Å². The molecule has 5 nitrogen and oxygen atoms in total. The van der Waals surface area contributed by atoms with E-state index in [4.69, 9.17) is 5.73 Å². The molecule has 108 valence electrons. The maximum Gasteiger partial charge on any atom is 0.254 e. The second-order valence-electron chi connectivity index (χ2n) is 5.07. The summed E-state index contributed by atoms with van der Waals surface area (Å²) in [7, 11) is 0. The van der Waals surface area contributed by atoms with Crippen LogP contribution in [0.2, 0.25) is 0 Å². The van der Waals surface area contributed by atoms with Crippen molar-refractivity contribution in [3.63, 3.8) is 0 Å². The minimum Gasteiger partial charge on any atom is -0.366 e. The van der Waals surface area contributed by atoms with E-state index in [1.165, 1.54) is 0 Å². The van der Waals surface area contributed by atoms with Gasteiger partial charge in [0.25, 0.3) is 5.91 Å². The van der Waals surface area contributed by atoms with Gasteiger partial charge in [0.15, 0.2) is 0 Å². The molecule has 0 aromatic heterocycles. The quantitative estimate of drug-likeness (QED) is 0.890. The Hall–Kier alpha value is -1.88. The van der Waals surface area contributed by atoms with Gasteiger partial charge in [0.05, 0.1) is 0 Å². The van der Waals surface area contributed by atoms with Gasteiger partial charge >= 0.3 is 0 Å². The topological polar surface area (TPSA) is 66.6 Å². The number of benzene rings is 1. The summed E-state index contributed by atoms with van der Waals surface area (Å²) in [6.45, 7) is 8.17. The Balaban J connectivity index is 2.18. The lowest BCUT2D eigenvalue weighted by atomic mass is 10.0. The SMILES string of the molecule is CCN1CCN(C(=O)c2cccc(C(N)=O)c2C)CC1. The highest BCUT2D eigenvalue weighted by Gasteiger charge is 2.23. The molecule has 20 heavy (non-hydrogen) atoms. The monoisotopic (exact) mass is 275 g/mol. The fraction of sp³-hybridized carbons (Fsp3) is 0.467. The van der Waals surface area contributed by atoms with Crippen molar-refractivity contribution in [1.29, 1.82) is 0 Å². The van der Waals surface area contributed by atoms with Crippen LogP contribution in [0.3, 0.4) is 0 Å². The average molecular weight is 275 g/mol. The number of carbonyl (C=O) groups is 2. The van der Waals surface area contributed by atoms with Crippen molar-refractivity contribution in [3.05, 3.63) is 34.9 Å². The third-order valence-electron chi connectivity index (χ3n) is 3.94. The Morgan fingerprint density at radius 2 is 1.75 bits per heavy atom. The molecule has 1 heterocycles. The molecular formula is C15H21N3O2. The number of likely N-dealkylation sites (N-methyl/N-ethyl adjacent to an activating group) is 1. The lowest BCUT2D eigenvalue weighted by Crippen LogP contribution is -2.48. The molecule has 1 aliphatic heterocycles. The van der Waals surface area contributed by atoms with Crippen LogP contribution in [0.1, 0.15) is 33.2 Å². The Morgan fingerprint density at radius 3 is 2.30 bits per heavy atom. The summed E-state index contributed by atoms with van der Waals surface area (Å²) < 4.78 is 0. The van der Waals surface area contributed by atoms with Crippen LogP contribution in [-0.2, 0) is 0 Å². The van der Waals surface area contributed by atoms with Crippen LogP contribution < -0.4 is 5.73 Å². The van der Waals surface area contributed by atoms with Crippen molar-refractivity contribution in [3.8, 4) is 0 Å². The van der Waals surface area contributed by atoms with E-state index in [9.17, 15) is 9.59 Å². The lowest BCUT2D eigenvalue weighted by Gasteiger charge is -2.34. The zero-order valence-electron chi connectivity index (χ0n) is 12.1. The summed E-state index contributed by atoms with van der Waals surface area (Å²) in [6.07, 6.45) is 0. The van der Waals surface area contributed by atoms with E-state index >= 15 is 0 Å². The first-order valence-corrected chi connectivity index (χ1v) is 6.95. The van der Waals surface area contributed by atoms with Crippen molar-refractivity contribution in [2.45, 2.75) is 13.8 Å². The summed E-state index contributed by atoms with van der Waals surface area (Å²) in [6, 6.07) is 5.13. The fourth-order valence-electron chi connectivity index (χ4n) is 2.57. The Kier molecular flexibility index (Phi) is 4.39. The van der Waals surface area contributed by atoms with Crippen molar-refractivity contribution in [2.24, 2.45) is 5.73 Å². The normalized spacial score (nSPS) is 16.2. The summed E-state index contributed by atoms with van der Waals surface area (Å²) >= 11 is 0. The highest BCUT2D eigenvalue weighted by molar-refractivity contribution is 6.01. The lowest BCUT2D eigenvalue weighted by molar-refractivity contribution is 0.0642. The van der Waals surface area contributed by atoms with Gasteiger partial charge in [0, 0.05) is 37.3 Å². The van der Waals surface area contributed by atoms with Gasteiger partial charge in [-0.3, -0.25) is 9.59 Å². The highest BCUT2D eigenvalue weighted by Crippen LogP contribution is 2.16. The van der Waals surface area contributed by atoms with Crippen LogP contribution in [-0.4, -0.2) is 54.3 Å². The molecule has 2 amide bonds. The van der Waals surface area contributed by atoms with Crippen LogP contribution in [0.5, 0.6) is 0 Å². The maximum atomic E-state index is 12.5. The van der Waals surface area contributed by atoms with Gasteiger partial charge in [-0.1, -0.05) is 13.0 Å². The van der Waals surface area contributed by atoms with E-state index in [0.717, 1.165) is 32.7 Å². The third-order valence-corrected chi connectivity index (χ3v) is 3.94. The number of nitrogens with zero attached hydrogens (tertiary/aromatic N) is 2. The zero-order valence-corrected chi connectivity index (χ0v) is 12.1. The molecule has 2 N–H and O–H groups in total. The van der Waals surface area contributed by atoms with Crippen LogP contribution in [0.4, 0.5) is 0 Å². The second-order valence-corrected chi connectivity index (χ2v) is 5.07. The number of piperazine rings is 1. The average Bonchev–Trinajstić information content (AvgIpc) is 2.46.